The Morgan fingerprint density at radius 3 is 2.64 bits per heavy atom. The Bertz CT molecular complexity index is 161. The van der Waals surface area contributed by atoms with E-state index in [-0.39, 0.29) is 6.42 Å². The lowest BCUT2D eigenvalue weighted by molar-refractivity contribution is -0.158. The molecule has 0 aromatic carbocycles. The van der Waals surface area contributed by atoms with E-state index < -0.39 is 11.9 Å². The average molecular weight is 156 g/mol. The number of rotatable bonds is 4. The van der Waals surface area contributed by atoms with Gasteiger partial charge in [-0.1, -0.05) is 6.08 Å². The summed E-state index contributed by atoms with van der Waals surface area (Å²) < 4.78 is 4.28. The largest absolute Gasteiger partial charge is 0.393 e. The SMILES string of the molecule is C=CCCCC(=O)OC(C)=O. The van der Waals surface area contributed by atoms with Gasteiger partial charge in [0, 0.05) is 13.3 Å². The highest BCUT2D eigenvalue weighted by molar-refractivity contribution is 5.83. The molecule has 0 bridgehead atoms. The van der Waals surface area contributed by atoms with Crippen molar-refractivity contribution in [1.29, 1.82) is 0 Å². The fraction of sp³-hybridized carbons (Fsp3) is 0.500. The Hall–Kier alpha value is -1.12. The smallest absolute Gasteiger partial charge is 0.313 e. The number of allylic oxidation sites excluding steroid dienone is 1. The number of carbonyl (C=O) groups excluding carboxylic acids is 2. The predicted octanol–water partition coefficient (Wildman–Crippen LogP) is 1.43. The minimum absolute atomic E-state index is 0.283. The monoisotopic (exact) mass is 156 g/mol. The minimum Gasteiger partial charge on any atom is -0.393 e. The third kappa shape index (κ3) is 6.77. The molecule has 11 heavy (non-hydrogen) atoms. The fourth-order valence-corrected chi connectivity index (χ4v) is 0.602. The van der Waals surface area contributed by atoms with Crippen molar-refractivity contribution in [2.24, 2.45) is 0 Å². The van der Waals surface area contributed by atoms with Gasteiger partial charge in [0.15, 0.2) is 0 Å². The van der Waals surface area contributed by atoms with E-state index in [1.165, 1.54) is 6.92 Å². The first-order valence-corrected chi connectivity index (χ1v) is 3.49. The van der Waals surface area contributed by atoms with Crippen LogP contribution in [0.15, 0.2) is 12.7 Å². The van der Waals surface area contributed by atoms with E-state index in [0.29, 0.717) is 6.42 Å². The fourth-order valence-electron chi connectivity index (χ4n) is 0.602. The molecular weight excluding hydrogens is 144 g/mol. The van der Waals surface area contributed by atoms with E-state index in [4.69, 9.17) is 0 Å². The van der Waals surface area contributed by atoms with E-state index in [0.717, 1.165) is 6.42 Å². The second-order valence-electron chi connectivity index (χ2n) is 2.15. The molecule has 0 saturated carbocycles. The van der Waals surface area contributed by atoms with Gasteiger partial charge in [0.2, 0.25) is 0 Å². The van der Waals surface area contributed by atoms with Crippen LogP contribution in [-0.4, -0.2) is 11.9 Å². The van der Waals surface area contributed by atoms with Gasteiger partial charge >= 0.3 is 11.9 Å². The minimum atomic E-state index is -0.548. The summed E-state index contributed by atoms with van der Waals surface area (Å²) in [6.45, 7) is 4.71. The average Bonchev–Trinajstić information content (AvgIpc) is 1.86. The van der Waals surface area contributed by atoms with E-state index in [1.54, 1.807) is 6.08 Å². The molecule has 0 aliphatic rings. The van der Waals surface area contributed by atoms with Crippen LogP contribution in [0.3, 0.4) is 0 Å². The van der Waals surface area contributed by atoms with Crippen molar-refractivity contribution in [2.75, 3.05) is 0 Å². The topological polar surface area (TPSA) is 43.4 Å². The highest BCUT2D eigenvalue weighted by Gasteiger charge is 2.03. The third-order valence-corrected chi connectivity index (χ3v) is 1.05. The highest BCUT2D eigenvalue weighted by atomic mass is 16.6. The Morgan fingerprint density at radius 1 is 1.55 bits per heavy atom. The molecule has 0 heterocycles. The summed E-state index contributed by atoms with van der Waals surface area (Å²) in [5.41, 5.74) is 0. The van der Waals surface area contributed by atoms with Crippen molar-refractivity contribution >= 4 is 11.9 Å². The molecule has 0 spiro atoms. The lowest BCUT2D eigenvalue weighted by Gasteiger charge is -1.96. The van der Waals surface area contributed by atoms with Crippen LogP contribution in [0.5, 0.6) is 0 Å². The van der Waals surface area contributed by atoms with Gasteiger partial charge in [0.1, 0.15) is 0 Å². The summed E-state index contributed by atoms with van der Waals surface area (Å²) >= 11 is 0. The van der Waals surface area contributed by atoms with Gasteiger partial charge in [-0.2, -0.15) is 0 Å². The molecule has 3 nitrogen and oxygen atoms in total. The van der Waals surface area contributed by atoms with Crippen molar-refractivity contribution in [3.8, 4) is 0 Å². The van der Waals surface area contributed by atoms with Crippen LogP contribution >= 0.6 is 0 Å². The maximum absolute atomic E-state index is 10.7. The van der Waals surface area contributed by atoms with Crippen LogP contribution in [0.1, 0.15) is 26.2 Å². The summed E-state index contributed by atoms with van der Waals surface area (Å²) in [5.74, 6) is -1.01. The summed E-state index contributed by atoms with van der Waals surface area (Å²) in [4.78, 5) is 20.9. The van der Waals surface area contributed by atoms with Crippen LogP contribution in [0.25, 0.3) is 0 Å². The van der Waals surface area contributed by atoms with E-state index >= 15 is 0 Å². The molecule has 0 unspecified atom stereocenters. The summed E-state index contributed by atoms with van der Waals surface area (Å²) in [7, 11) is 0. The van der Waals surface area contributed by atoms with Crippen LogP contribution in [-0.2, 0) is 14.3 Å². The molecule has 0 atom stereocenters. The molecule has 0 aromatic rings. The maximum atomic E-state index is 10.7. The zero-order valence-corrected chi connectivity index (χ0v) is 6.63. The first-order chi connectivity index (χ1) is 5.16. The first-order valence-electron chi connectivity index (χ1n) is 3.49. The van der Waals surface area contributed by atoms with Gasteiger partial charge in [0.05, 0.1) is 0 Å². The van der Waals surface area contributed by atoms with Crippen molar-refractivity contribution in [1.82, 2.24) is 0 Å². The Kier molecular flexibility index (Phi) is 5.07. The van der Waals surface area contributed by atoms with Gasteiger partial charge < -0.3 is 4.74 Å². The molecule has 0 radical (unpaired) electrons. The molecule has 0 aliphatic carbocycles. The Morgan fingerprint density at radius 2 is 2.18 bits per heavy atom. The molecule has 0 rings (SSSR count). The normalized spacial score (nSPS) is 8.82. The van der Waals surface area contributed by atoms with E-state index in [2.05, 4.69) is 11.3 Å². The second-order valence-corrected chi connectivity index (χ2v) is 2.15. The molecule has 0 fully saturated rings. The number of esters is 2. The quantitative estimate of drug-likeness (QED) is 0.267. The number of hydrogen-bond donors (Lipinski definition) is 0. The first kappa shape index (κ1) is 9.88. The lowest BCUT2D eigenvalue weighted by atomic mass is 10.2. The number of ether oxygens (including phenoxy) is 1. The standard InChI is InChI=1S/C8H12O3/c1-3-4-5-6-8(10)11-7(2)9/h3H,1,4-6H2,2H3. The Labute approximate surface area is 66.0 Å². The van der Waals surface area contributed by atoms with Crippen molar-refractivity contribution in [3.05, 3.63) is 12.7 Å². The molecule has 0 N–H and O–H groups in total. The van der Waals surface area contributed by atoms with Crippen molar-refractivity contribution in [2.45, 2.75) is 26.2 Å². The summed E-state index contributed by atoms with van der Waals surface area (Å²) in [6.07, 6.45) is 3.47. The molecule has 0 aliphatic heterocycles. The van der Waals surface area contributed by atoms with Gasteiger partial charge in [-0.15, -0.1) is 6.58 Å². The summed E-state index contributed by atoms with van der Waals surface area (Å²) in [5, 5.41) is 0. The van der Waals surface area contributed by atoms with Crippen LogP contribution in [0, 0.1) is 0 Å². The van der Waals surface area contributed by atoms with Crippen molar-refractivity contribution in [3.63, 3.8) is 0 Å². The number of carbonyl (C=O) groups is 2. The molecule has 62 valence electrons. The number of hydrogen-bond acceptors (Lipinski definition) is 3. The number of unbranched alkanes of at least 4 members (excludes halogenated alkanes) is 1. The predicted molar refractivity (Wildman–Crippen MR) is 40.8 cm³/mol. The van der Waals surface area contributed by atoms with E-state index in [9.17, 15) is 9.59 Å². The Balaban J connectivity index is 3.37. The molecule has 0 aromatic heterocycles. The van der Waals surface area contributed by atoms with Crippen LogP contribution in [0.2, 0.25) is 0 Å². The molecule has 0 saturated heterocycles. The van der Waals surface area contributed by atoms with Crippen LogP contribution in [0.4, 0.5) is 0 Å². The lowest BCUT2D eigenvalue weighted by Crippen LogP contribution is -2.08. The van der Waals surface area contributed by atoms with Gasteiger partial charge in [-0.25, -0.2) is 0 Å². The van der Waals surface area contributed by atoms with E-state index in [1.807, 2.05) is 0 Å². The maximum Gasteiger partial charge on any atom is 0.313 e. The third-order valence-electron chi connectivity index (χ3n) is 1.05. The zero-order chi connectivity index (χ0) is 8.69. The molecule has 0 amide bonds. The van der Waals surface area contributed by atoms with Gasteiger partial charge in [-0.05, 0) is 12.8 Å². The molecular formula is C8H12O3. The summed E-state index contributed by atoms with van der Waals surface area (Å²) in [6, 6.07) is 0. The van der Waals surface area contributed by atoms with Crippen LogP contribution < -0.4 is 0 Å². The zero-order valence-electron chi connectivity index (χ0n) is 6.63. The molecule has 3 heteroatoms. The highest BCUT2D eigenvalue weighted by Crippen LogP contribution is 1.97. The van der Waals surface area contributed by atoms with Gasteiger partial charge in [0.25, 0.3) is 0 Å². The van der Waals surface area contributed by atoms with Gasteiger partial charge in [-0.3, -0.25) is 9.59 Å². The van der Waals surface area contributed by atoms with Crippen molar-refractivity contribution < 1.29 is 14.3 Å². The second kappa shape index (κ2) is 5.65.